The number of fused-ring (bicyclic) bond motifs is 2. The third-order valence-corrected chi connectivity index (χ3v) is 7.87. The molecule has 0 aliphatic carbocycles. The zero-order valence-electron chi connectivity index (χ0n) is 16.1. The monoisotopic (exact) mass is 430 g/mol. The van der Waals surface area contributed by atoms with E-state index in [1.165, 1.54) is 22.4 Å². The molecule has 1 aliphatic rings. The van der Waals surface area contributed by atoms with E-state index in [-0.39, 0.29) is 11.4 Å². The van der Waals surface area contributed by atoms with Gasteiger partial charge >= 0.3 is 0 Å². The molecular formula is C21H20F2N4S2. The molecule has 1 fully saturated rings. The average molecular weight is 431 g/mol. The van der Waals surface area contributed by atoms with Crippen LogP contribution < -0.4 is 5.32 Å². The van der Waals surface area contributed by atoms with Gasteiger partial charge in [0, 0.05) is 22.2 Å². The third-order valence-electron chi connectivity index (χ3n) is 5.90. The topological polar surface area (TPSA) is 41.1 Å². The molecule has 2 unspecified atom stereocenters. The number of pyridine rings is 1. The normalized spacial score (nSPS) is 20.6. The number of thiazole rings is 1. The van der Waals surface area contributed by atoms with Crippen molar-refractivity contribution in [3.63, 3.8) is 0 Å². The lowest BCUT2D eigenvalue weighted by atomic mass is 9.89. The maximum atomic E-state index is 14.9. The van der Waals surface area contributed by atoms with Gasteiger partial charge in [-0.15, -0.1) is 22.7 Å². The summed E-state index contributed by atoms with van der Waals surface area (Å²) in [6.07, 6.45) is 3.46. The molecule has 0 saturated carbocycles. The Morgan fingerprint density at radius 3 is 2.97 bits per heavy atom. The summed E-state index contributed by atoms with van der Waals surface area (Å²) in [5, 5.41) is 3.67. The SMILES string of the molecule is CC1C(c2cc3c(Nc4ccc5scnc5c4F)c(F)cnc3s2)CCCN1C. The summed E-state index contributed by atoms with van der Waals surface area (Å²) in [5.41, 5.74) is 2.39. The predicted octanol–water partition coefficient (Wildman–Crippen LogP) is 6.13. The Morgan fingerprint density at radius 2 is 2.10 bits per heavy atom. The quantitative estimate of drug-likeness (QED) is 0.425. The molecule has 0 amide bonds. The van der Waals surface area contributed by atoms with Gasteiger partial charge in [-0.05, 0) is 51.6 Å². The van der Waals surface area contributed by atoms with Crippen molar-refractivity contribution in [2.24, 2.45) is 0 Å². The molecule has 4 heterocycles. The molecule has 1 N–H and O–H groups in total. The lowest BCUT2D eigenvalue weighted by molar-refractivity contribution is 0.176. The summed E-state index contributed by atoms with van der Waals surface area (Å²) in [7, 11) is 2.15. The Balaban J connectivity index is 1.57. The zero-order valence-corrected chi connectivity index (χ0v) is 17.7. The zero-order chi connectivity index (χ0) is 20.1. The number of hydrogen-bond donors (Lipinski definition) is 1. The highest BCUT2D eigenvalue weighted by Crippen LogP contribution is 2.41. The van der Waals surface area contributed by atoms with Crippen LogP contribution in [-0.2, 0) is 0 Å². The first-order valence-corrected chi connectivity index (χ1v) is 11.3. The number of thiophene rings is 1. The van der Waals surface area contributed by atoms with Gasteiger partial charge in [0.05, 0.1) is 27.8 Å². The van der Waals surface area contributed by atoms with Crippen LogP contribution in [0.3, 0.4) is 0 Å². The second-order valence-corrected chi connectivity index (χ2v) is 9.52. The Kier molecular flexibility index (Phi) is 4.72. The van der Waals surface area contributed by atoms with E-state index < -0.39 is 11.6 Å². The van der Waals surface area contributed by atoms with Crippen molar-refractivity contribution < 1.29 is 8.78 Å². The van der Waals surface area contributed by atoms with Crippen molar-refractivity contribution >= 4 is 54.5 Å². The van der Waals surface area contributed by atoms with Crippen LogP contribution in [0.4, 0.5) is 20.2 Å². The average Bonchev–Trinajstić information content (AvgIpc) is 3.35. The van der Waals surface area contributed by atoms with Crippen molar-refractivity contribution in [2.75, 3.05) is 18.9 Å². The highest BCUT2D eigenvalue weighted by molar-refractivity contribution is 7.18. The smallest absolute Gasteiger partial charge is 0.173 e. The molecule has 0 spiro atoms. The van der Waals surface area contributed by atoms with Gasteiger partial charge in [0.25, 0.3) is 0 Å². The summed E-state index contributed by atoms with van der Waals surface area (Å²) in [6, 6.07) is 5.88. The fourth-order valence-electron chi connectivity index (χ4n) is 4.12. The van der Waals surface area contributed by atoms with Crippen LogP contribution in [-0.4, -0.2) is 34.5 Å². The van der Waals surface area contributed by atoms with Crippen LogP contribution in [0.5, 0.6) is 0 Å². The predicted molar refractivity (Wildman–Crippen MR) is 117 cm³/mol. The molecule has 0 radical (unpaired) electrons. The molecule has 150 valence electrons. The molecule has 3 aromatic heterocycles. The van der Waals surface area contributed by atoms with E-state index in [2.05, 4.69) is 34.2 Å². The molecule has 5 rings (SSSR count). The minimum Gasteiger partial charge on any atom is -0.350 e. The lowest BCUT2D eigenvalue weighted by Crippen LogP contribution is -2.38. The van der Waals surface area contributed by atoms with Crippen LogP contribution in [0.2, 0.25) is 0 Å². The van der Waals surface area contributed by atoms with Gasteiger partial charge in [-0.2, -0.15) is 0 Å². The van der Waals surface area contributed by atoms with Gasteiger partial charge in [0.15, 0.2) is 11.6 Å². The van der Waals surface area contributed by atoms with E-state index in [9.17, 15) is 8.78 Å². The number of aromatic nitrogens is 2. The van der Waals surface area contributed by atoms with Gasteiger partial charge in [-0.25, -0.2) is 18.7 Å². The number of rotatable bonds is 3. The second kappa shape index (κ2) is 7.27. The van der Waals surface area contributed by atoms with E-state index in [0.29, 0.717) is 22.9 Å². The summed E-state index contributed by atoms with van der Waals surface area (Å²) in [6.45, 7) is 3.33. The molecule has 1 saturated heterocycles. The van der Waals surface area contributed by atoms with E-state index >= 15 is 0 Å². The van der Waals surface area contributed by atoms with Crippen LogP contribution in [0, 0.1) is 11.6 Å². The van der Waals surface area contributed by atoms with E-state index in [1.807, 2.05) is 6.07 Å². The van der Waals surface area contributed by atoms with Crippen LogP contribution >= 0.6 is 22.7 Å². The molecule has 1 aliphatic heterocycles. The van der Waals surface area contributed by atoms with Gasteiger partial charge in [0.1, 0.15) is 10.3 Å². The number of benzene rings is 1. The van der Waals surface area contributed by atoms with Crippen molar-refractivity contribution in [2.45, 2.75) is 31.7 Å². The summed E-state index contributed by atoms with van der Waals surface area (Å²) in [5.74, 6) is -0.563. The number of piperidine rings is 1. The fourth-order valence-corrected chi connectivity index (χ4v) is 6.03. The van der Waals surface area contributed by atoms with Crippen molar-refractivity contribution in [1.82, 2.24) is 14.9 Å². The molecule has 2 atom stereocenters. The molecule has 29 heavy (non-hydrogen) atoms. The first-order valence-electron chi connectivity index (χ1n) is 9.60. The van der Waals surface area contributed by atoms with E-state index in [4.69, 9.17) is 0 Å². The summed E-state index contributed by atoms with van der Waals surface area (Å²) >= 11 is 2.98. The Labute approximate surface area is 175 Å². The number of nitrogens with one attached hydrogen (secondary N) is 1. The third kappa shape index (κ3) is 3.19. The Bertz CT molecular complexity index is 1200. The van der Waals surface area contributed by atoms with Gasteiger partial charge in [-0.1, -0.05) is 0 Å². The molecule has 4 nitrogen and oxygen atoms in total. The molecular weight excluding hydrogens is 410 g/mol. The molecule has 0 bridgehead atoms. The van der Waals surface area contributed by atoms with Crippen molar-refractivity contribution in [3.8, 4) is 0 Å². The number of anilines is 2. The summed E-state index contributed by atoms with van der Waals surface area (Å²) < 4.78 is 30.3. The maximum Gasteiger partial charge on any atom is 0.173 e. The lowest BCUT2D eigenvalue weighted by Gasteiger charge is -2.36. The van der Waals surface area contributed by atoms with Gasteiger partial charge in [-0.3, -0.25) is 0 Å². The summed E-state index contributed by atoms with van der Waals surface area (Å²) in [4.78, 5) is 12.7. The standard InChI is InChI=1S/C21H20F2N4S2/c1-11-12(4-3-7-27(11)2)17-8-13-19(14(22)9-24-21(13)29-17)26-15-5-6-16-20(18(15)23)25-10-28-16/h5-6,8-12H,3-4,7H2,1-2H3,(H,24,26). The number of nitrogens with zero attached hydrogens (tertiary/aromatic N) is 3. The first kappa shape index (κ1) is 18.8. The van der Waals surface area contributed by atoms with E-state index in [1.54, 1.807) is 29.0 Å². The fraction of sp³-hybridized carbons (Fsp3) is 0.333. The molecule has 8 heteroatoms. The largest absolute Gasteiger partial charge is 0.350 e. The van der Waals surface area contributed by atoms with Gasteiger partial charge < -0.3 is 10.2 Å². The van der Waals surface area contributed by atoms with E-state index in [0.717, 1.165) is 28.9 Å². The van der Waals surface area contributed by atoms with Crippen LogP contribution in [0.1, 0.15) is 30.6 Å². The highest BCUT2D eigenvalue weighted by Gasteiger charge is 2.29. The number of hydrogen-bond acceptors (Lipinski definition) is 6. The van der Waals surface area contributed by atoms with Gasteiger partial charge in [0.2, 0.25) is 0 Å². The number of likely N-dealkylation sites (tertiary alicyclic amines) is 1. The van der Waals surface area contributed by atoms with Crippen LogP contribution in [0.15, 0.2) is 29.9 Å². The van der Waals surface area contributed by atoms with Crippen LogP contribution in [0.25, 0.3) is 20.4 Å². The highest BCUT2D eigenvalue weighted by atomic mass is 32.1. The number of halogens is 2. The second-order valence-electron chi connectivity index (χ2n) is 7.57. The van der Waals surface area contributed by atoms with Crippen molar-refractivity contribution in [3.05, 3.63) is 46.4 Å². The minimum absolute atomic E-state index is 0.216. The number of likely N-dealkylation sites (N-methyl/N-ethyl adjacent to an activating group) is 1. The Hall–Kier alpha value is -2.16. The first-order chi connectivity index (χ1) is 14.0. The minimum atomic E-state index is -0.492. The molecule has 4 aromatic rings. The maximum absolute atomic E-state index is 14.9. The Morgan fingerprint density at radius 1 is 1.24 bits per heavy atom. The van der Waals surface area contributed by atoms with Crippen molar-refractivity contribution in [1.29, 1.82) is 0 Å². The molecule has 1 aromatic carbocycles.